The van der Waals surface area contributed by atoms with Crippen LogP contribution in [0.4, 0.5) is 11.4 Å². The molecule has 0 saturated heterocycles. The second kappa shape index (κ2) is 8.16. The van der Waals surface area contributed by atoms with Crippen molar-refractivity contribution in [2.24, 2.45) is 0 Å². The molecule has 0 atom stereocenters. The molecule has 1 aromatic heterocycles. The van der Waals surface area contributed by atoms with Crippen molar-refractivity contribution in [1.82, 2.24) is 0 Å². The summed E-state index contributed by atoms with van der Waals surface area (Å²) in [5.41, 5.74) is 3.86. The van der Waals surface area contributed by atoms with Crippen LogP contribution < -0.4 is 15.0 Å². The van der Waals surface area contributed by atoms with Crippen molar-refractivity contribution in [3.8, 4) is 5.75 Å². The Labute approximate surface area is 179 Å². The van der Waals surface area contributed by atoms with E-state index in [9.17, 15) is 9.59 Å². The van der Waals surface area contributed by atoms with Crippen LogP contribution in [-0.4, -0.2) is 18.4 Å². The Kier molecular flexibility index (Phi) is 5.42. The van der Waals surface area contributed by atoms with E-state index in [2.05, 4.69) is 5.32 Å². The number of imide groups is 1. The Morgan fingerprint density at radius 2 is 1.77 bits per heavy atom. The zero-order valence-electron chi connectivity index (χ0n) is 17.1. The van der Waals surface area contributed by atoms with Gasteiger partial charge in [0.25, 0.3) is 11.8 Å². The van der Waals surface area contributed by atoms with Crippen LogP contribution >= 0.6 is 11.3 Å². The van der Waals surface area contributed by atoms with Crippen LogP contribution in [0.3, 0.4) is 0 Å². The van der Waals surface area contributed by atoms with E-state index in [0.717, 1.165) is 21.8 Å². The Morgan fingerprint density at radius 1 is 1.00 bits per heavy atom. The molecule has 0 radical (unpaired) electrons. The summed E-state index contributed by atoms with van der Waals surface area (Å²) in [5.74, 6) is 0.0805. The molecular formula is C24H22N2O3S. The number of hydrogen-bond donors (Lipinski definition) is 1. The lowest BCUT2D eigenvalue weighted by atomic mass is 10.1. The third-order valence-corrected chi connectivity index (χ3v) is 5.78. The summed E-state index contributed by atoms with van der Waals surface area (Å²) in [6, 6.07) is 16.8. The van der Waals surface area contributed by atoms with Crippen LogP contribution in [0.2, 0.25) is 0 Å². The van der Waals surface area contributed by atoms with Gasteiger partial charge in [0.1, 0.15) is 11.4 Å². The molecule has 1 N–H and O–H groups in total. The molecule has 30 heavy (non-hydrogen) atoms. The summed E-state index contributed by atoms with van der Waals surface area (Å²) < 4.78 is 5.48. The minimum absolute atomic E-state index is 0.285. The zero-order chi connectivity index (χ0) is 21.3. The summed E-state index contributed by atoms with van der Waals surface area (Å²) in [6.07, 6.45) is 0. The van der Waals surface area contributed by atoms with E-state index in [0.29, 0.717) is 23.6 Å². The number of thiophene rings is 1. The fourth-order valence-corrected chi connectivity index (χ4v) is 4.19. The summed E-state index contributed by atoms with van der Waals surface area (Å²) in [7, 11) is 0. The first-order valence-corrected chi connectivity index (χ1v) is 10.6. The molecule has 0 aliphatic carbocycles. The van der Waals surface area contributed by atoms with E-state index in [1.807, 2.05) is 80.7 Å². The smallest absolute Gasteiger partial charge is 0.282 e. The monoisotopic (exact) mass is 418 g/mol. The molecule has 4 rings (SSSR count). The van der Waals surface area contributed by atoms with E-state index in [1.165, 1.54) is 16.2 Å². The highest BCUT2D eigenvalue weighted by molar-refractivity contribution is 7.11. The SMILES string of the molecule is CCOc1ccc(NC2=C(c3cccs3)C(=O)N(c3cc(C)ccc3C)C2=O)cc1. The highest BCUT2D eigenvalue weighted by Gasteiger charge is 2.41. The average Bonchev–Trinajstić information content (AvgIpc) is 3.33. The van der Waals surface area contributed by atoms with Gasteiger partial charge in [0.05, 0.1) is 17.9 Å². The molecule has 0 fully saturated rings. The lowest BCUT2D eigenvalue weighted by molar-refractivity contribution is -0.120. The molecule has 1 aliphatic rings. The number of amides is 2. The summed E-state index contributed by atoms with van der Waals surface area (Å²) >= 11 is 1.44. The number of anilines is 2. The van der Waals surface area contributed by atoms with E-state index in [4.69, 9.17) is 4.74 Å². The second-order valence-corrected chi connectivity index (χ2v) is 7.99. The molecule has 2 aromatic carbocycles. The van der Waals surface area contributed by atoms with Crippen LogP contribution in [0.5, 0.6) is 5.75 Å². The molecule has 0 saturated carbocycles. The first-order valence-electron chi connectivity index (χ1n) is 9.73. The molecule has 1 aliphatic heterocycles. The van der Waals surface area contributed by atoms with Gasteiger partial charge in [-0.3, -0.25) is 9.59 Å². The van der Waals surface area contributed by atoms with Crippen LogP contribution in [0, 0.1) is 13.8 Å². The number of rotatable bonds is 6. The van der Waals surface area contributed by atoms with Gasteiger partial charge in [-0.15, -0.1) is 11.3 Å². The lowest BCUT2D eigenvalue weighted by Crippen LogP contribution is -2.33. The van der Waals surface area contributed by atoms with Crippen LogP contribution in [0.1, 0.15) is 22.9 Å². The number of carbonyl (C=O) groups is 2. The molecule has 152 valence electrons. The molecule has 2 heterocycles. The maximum absolute atomic E-state index is 13.4. The topological polar surface area (TPSA) is 58.6 Å². The summed E-state index contributed by atoms with van der Waals surface area (Å²) in [6.45, 7) is 6.35. The van der Waals surface area contributed by atoms with Crippen LogP contribution in [-0.2, 0) is 9.59 Å². The molecular weight excluding hydrogens is 396 g/mol. The Morgan fingerprint density at radius 3 is 2.43 bits per heavy atom. The van der Waals surface area contributed by atoms with Crippen LogP contribution in [0.15, 0.2) is 65.7 Å². The third-order valence-electron chi connectivity index (χ3n) is 4.89. The molecule has 3 aromatic rings. The average molecular weight is 419 g/mol. The highest BCUT2D eigenvalue weighted by Crippen LogP contribution is 2.37. The largest absolute Gasteiger partial charge is 0.494 e. The van der Waals surface area contributed by atoms with E-state index in [1.54, 1.807) is 0 Å². The van der Waals surface area contributed by atoms with E-state index in [-0.39, 0.29) is 17.5 Å². The van der Waals surface area contributed by atoms with Crippen molar-refractivity contribution in [2.75, 3.05) is 16.8 Å². The Bertz CT molecular complexity index is 1130. The number of nitrogens with one attached hydrogen (secondary N) is 1. The number of aryl methyl sites for hydroxylation is 2. The van der Waals surface area contributed by atoms with Crippen molar-refractivity contribution in [2.45, 2.75) is 20.8 Å². The molecule has 0 bridgehead atoms. The van der Waals surface area contributed by atoms with Crippen LogP contribution in [0.25, 0.3) is 5.57 Å². The number of carbonyl (C=O) groups excluding carboxylic acids is 2. The quantitative estimate of drug-likeness (QED) is 0.562. The lowest BCUT2D eigenvalue weighted by Gasteiger charge is -2.18. The Hall–Kier alpha value is -3.38. The molecule has 0 spiro atoms. The van der Waals surface area contributed by atoms with Gasteiger partial charge < -0.3 is 10.1 Å². The van der Waals surface area contributed by atoms with Gasteiger partial charge in [-0.05, 0) is 73.7 Å². The number of benzene rings is 2. The van der Waals surface area contributed by atoms with Gasteiger partial charge in [-0.25, -0.2) is 4.90 Å². The van der Waals surface area contributed by atoms with Gasteiger partial charge in [0, 0.05) is 10.6 Å². The van der Waals surface area contributed by atoms with Crippen molar-refractivity contribution >= 4 is 40.1 Å². The molecule has 0 unspecified atom stereocenters. The summed E-state index contributed by atoms with van der Waals surface area (Å²) in [4.78, 5) is 28.9. The minimum Gasteiger partial charge on any atom is -0.494 e. The van der Waals surface area contributed by atoms with Gasteiger partial charge in [-0.2, -0.15) is 0 Å². The predicted octanol–water partition coefficient (Wildman–Crippen LogP) is 5.16. The van der Waals surface area contributed by atoms with Gasteiger partial charge >= 0.3 is 0 Å². The van der Waals surface area contributed by atoms with E-state index < -0.39 is 0 Å². The first-order chi connectivity index (χ1) is 14.5. The minimum atomic E-state index is -0.356. The van der Waals surface area contributed by atoms with E-state index >= 15 is 0 Å². The molecule has 6 heteroatoms. The number of hydrogen-bond acceptors (Lipinski definition) is 5. The van der Waals surface area contributed by atoms with Crippen molar-refractivity contribution in [3.63, 3.8) is 0 Å². The summed E-state index contributed by atoms with van der Waals surface area (Å²) in [5, 5.41) is 5.08. The second-order valence-electron chi connectivity index (χ2n) is 7.05. The highest BCUT2D eigenvalue weighted by atomic mass is 32.1. The maximum Gasteiger partial charge on any atom is 0.282 e. The fourth-order valence-electron chi connectivity index (χ4n) is 3.42. The number of nitrogens with zero attached hydrogens (tertiary/aromatic N) is 1. The van der Waals surface area contributed by atoms with Gasteiger partial charge in [0.15, 0.2) is 0 Å². The maximum atomic E-state index is 13.4. The van der Waals surface area contributed by atoms with Crippen molar-refractivity contribution in [3.05, 3.63) is 81.7 Å². The standard InChI is InChI=1S/C24H22N2O3S/c1-4-29-18-11-9-17(10-12-18)25-22-21(20-6-5-13-30-20)23(27)26(24(22)28)19-14-15(2)7-8-16(19)3/h5-14,25H,4H2,1-3H3. The fraction of sp³-hybridized carbons (Fsp3) is 0.167. The third kappa shape index (κ3) is 3.62. The first kappa shape index (κ1) is 19.9. The van der Waals surface area contributed by atoms with Crippen molar-refractivity contribution in [1.29, 1.82) is 0 Å². The Balaban J connectivity index is 1.75. The number of ether oxygens (including phenoxy) is 1. The van der Waals surface area contributed by atoms with Gasteiger partial charge in [0.2, 0.25) is 0 Å². The van der Waals surface area contributed by atoms with Gasteiger partial charge in [-0.1, -0.05) is 18.2 Å². The molecule has 5 nitrogen and oxygen atoms in total. The van der Waals surface area contributed by atoms with Crippen molar-refractivity contribution < 1.29 is 14.3 Å². The molecule has 2 amide bonds. The predicted molar refractivity (Wildman–Crippen MR) is 121 cm³/mol. The zero-order valence-corrected chi connectivity index (χ0v) is 17.9. The normalized spacial score (nSPS) is 13.9.